The van der Waals surface area contributed by atoms with E-state index in [-0.39, 0.29) is 35.8 Å². The number of nitrogens with one attached hydrogen (secondary N) is 1. The molecule has 9 heteroatoms. The molecule has 1 fully saturated rings. The van der Waals surface area contributed by atoms with E-state index in [0.717, 1.165) is 22.5 Å². The highest BCUT2D eigenvalue weighted by molar-refractivity contribution is 7.91. The fourth-order valence-electron chi connectivity index (χ4n) is 3.68. The lowest BCUT2D eigenvalue weighted by Gasteiger charge is -2.17. The summed E-state index contributed by atoms with van der Waals surface area (Å²) in [6, 6.07) is 5.91. The molecule has 0 unspecified atom stereocenters. The van der Waals surface area contributed by atoms with Gasteiger partial charge in [-0.3, -0.25) is 14.4 Å². The second kappa shape index (κ2) is 8.62. The Kier molecular flexibility index (Phi) is 6.38. The van der Waals surface area contributed by atoms with Crippen LogP contribution >= 0.6 is 0 Å². The zero-order valence-corrected chi connectivity index (χ0v) is 17.8. The largest absolute Gasteiger partial charge is 0.351 e. The minimum Gasteiger partial charge on any atom is -0.351 e. The summed E-state index contributed by atoms with van der Waals surface area (Å²) in [5.74, 6) is -0.0853. The van der Waals surface area contributed by atoms with Crippen molar-refractivity contribution < 1.29 is 17.6 Å². The van der Waals surface area contributed by atoms with Gasteiger partial charge < -0.3 is 5.32 Å². The Morgan fingerprint density at radius 2 is 2.00 bits per heavy atom. The molecular weight excluding hydrogens is 395 g/mol. The fourth-order valence-corrected chi connectivity index (χ4v) is 5.37. The van der Waals surface area contributed by atoms with Gasteiger partial charge >= 0.3 is 0 Å². The van der Waals surface area contributed by atoms with Gasteiger partial charge in [-0.15, -0.1) is 0 Å². The fraction of sp³-hybridized carbons (Fsp3) is 0.500. The quantitative estimate of drug-likeness (QED) is 0.735. The molecular formula is C20H27FN4O3S. The van der Waals surface area contributed by atoms with Crippen LogP contribution < -0.4 is 5.32 Å². The van der Waals surface area contributed by atoms with Crippen LogP contribution in [-0.2, 0) is 27.7 Å². The normalized spacial score (nSPS) is 18.3. The molecule has 0 saturated carbocycles. The molecule has 0 spiro atoms. The number of aryl methyl sites for hydroxylation is 1. The van der Waals surface area contributed by atoms with Crippen LogP contribution in [0.4, 0.5) is 4.39 Å². The first-order valence-corrected chi connectivity index (χ1v) is 11.4. The lowest BCUT2D eigenvalue weighted by molar-refractivity contribution is -0.122. The molecule has 1 N–H and O–H groups in total. The van der Waals surface area contributed by atoms with E-state index in [1.807, 2.05) is 30.5 Å². The summed E-state index contributed by atoms with van der Waals surface area (Å²) in [5.41, 5.74) is 3.65. The summed E-state index contributed by atoms with van der Waals surface area (Å²) in [7, 11) is -1.12. The summed E-state index contributed by atoms with van der Waals surface area (Å²) in [4.78, 5) is 14.1. The highest BCUT2D eigenvalue weighted by Gasteiger charge is 2.31. The summed E-state index contributed by atoms with van der Waals surface area (Å²) in [6.07, 6.45) is 0.589. The average Bonchev–Trinajstić information content (AvgIpc) is 3.14. The number of hydrogen-bond donors (Lipinski definition) is 1. The highest BCUT2D eigenvalue weighted by Crippen LogP contribution is 2.27. The van der Waals surface area contributed by atoms with Gasteiger partial charge in [0.25, 0.3) is 0 Å². The molecule has 3 rings (SSSR count). The number of halogens is 1. The van der Waals surface area contributed by atoms with Crippen molar-refractivity contribution in [2.24, 2.45) is 0 Å². The molecule has 29 heavy (non-hydrogen) atoms. The lowest BCUT2D eigenvalue weighted by atomic mass is 10.1. The first-order valence-electron chi connectivity index (χ1n) is 9.59. The smallest absolute Gasteiger partial charge is 0.234 e. The van der Waals surface area contributed by atoms with Gasteiger partial charge in [-0.1, -0.05) is 12.1 Å². The van der Waals surface area contributed by atoms with Crippen LogP contribution in [0.3, 0.4) is 0 Å². The third-order valence-electron chi connectivity index (χ3n) is 5.27. The van der Waals surface area contributed by atoms with E-state index in [2.05, 4.69) is 10.4 Å². The Labute approximate surface area is 170 Å². The van der Waals surface area contributed by atoms with Crippen molar-refractivity contribution >= 4 is 15.7 Å². The van der Waals surface area contributed by atoms with Gasteiger partial charge in [0.05, 0.1) is 29.8 Å². The van der Waals surface area contributed by atoms with Gasteiger partial charge in [0.1, 0.15) is 5.82 Å². The zero-order valence-electron chi connectivity index (χ0n) is 17.0. The Balaban J connectivity index is 1.56. The molecule has 1 saturated heterocycles. The number of likely N-dealkylation sites (N-methyl/N-ethyl adjacent to an activating group) is 1. The second-order valence-electron chi connectivity index (χ2n) is 7.73. The molecule has 158 valence electrons. The maximum atomic E-state index is 12.9. The van der Waals surface area contributed by atoms with Gasteiger partial charge in [0.2, 0.25) is 5.91 Å². The van der Waals surface area contributed by atoms with Crippen LogP contribution in [-0.4, -0.2) is 54.1 Å². The molecule has 0 bridgehead atoms. The van der Waals surface area contributed by atoms with Gasteiger partial charge in [-0.2, -0.15) is 5.10 Å². The average molecular weight is 423 g/mol. The third kappa shape index (κ3) is 5.42. The molecule has 2 heterocycles. The molecule has 1 aliphatic rings. The minimum absolute atomic E-state index is 0.114. The van der Waals surface area contributed by atoms with Crippen molar-refractivity contribution in [2.45, 2.75) is 39.4 Å². The van der Waals surface area contributed by atoms with E-state index in [1.54, 1.807) is 12.1 Å². The molecule has 0 aliphatic carbocycles. The van der Waals surface area contributed by atoms with Crippen LogP contribution in [0.25, 0.3) is 0 Å². The van der Waals surface area contributed by atoms with E-state index in [9.17, 15) is 17.6 Å². The van der Waals surface area contributed by atoms with Crippen LogP contribution in [0.5, 0.6) is 0 Å². The predicted octanol–water partition coefficient (Wildman–Crippen LogP) is 1.75. The van der Waals surface area contributed by atoms with E-state index >= 15 is 0 Å². The Hall–Kier alpha value is -2.26. The Bertz CT molecular complexity index is 986. The number of sulfone groups is 1. The number of rotatable bonds is 7. The topological polar surface area (TPSA) is 84.3 Å². The Morgan fingerprint density at radius 1 is 1.31 bits per heavy atom. The van der Waals surface area contributed by atoms with Crippen molar-refractivity contribution in [2.75, 3.05) is 25.1 Å². The van der Waals surface area contributed by atoms with Crippen molar-refractivity contribution in [1.82, 2.24) is 20.0 Å². The monoisotopic (exact) mass is 422 g/mol. The Morgan fingerprint density at radius 3 is 2.62 bits per heavy atom. The van der Waals surface area contributed by atoms with Crippen LogP contribution in [0.15, 0.2) is 24.3 Å². The second-order valence-corrected chi connectivity index (χ2v) is 9.96. The summed E-state index contributed by atoms with van der Waals surface area (Å²) in [6.45, 7) is 4.96. The third-order valence-corrected chi connectivity index (χ3v) is 7.02. The first kappa shape index (κ1) is 21.4. The van der Waals surface area contributed by atoms with Crippen LogP contribution in [0, 0.1) is 19.7 Å². The summed E-state index contributed by atoms with van der Waals surface area (Å²) >= 11 is 0. The van der Waals surface area contributed by atoms with Crippen molar-refractivity contribution in [3.05, 3.63) is 52.6 Å². The number of carbonyl (C=O) groups is 1. The maximum absolute atomic E-state index is 12.9. The van der Waals surface area contributed by atoms with Crippen LogP contribution in [0.1, 0.15) is 35.0 Å². The molecule has 1 aromatic heterocycles. The summed E-state index contributed by atoms with van der Waals surface area (Å²) in [5, 5.41) is 7.40. The molecule has 1 atom stereocenters. The molecule has 1 aliphatic heterocycles. The van der Waals surface area contributed by atoms with Crippen molar-refractivity contribution in [3.63, 3.8) is 0 Å². The van der Waals surface area contributed by atoms with Gasteiger partial charge in [-0.05, 0) is 45.0 Å². The van der Waals surface area contributed by atoms with E-state index in [4.69, 9.17) is 0 Å². The molecule has 2 aromatic rings. The standard InChI is InChI=1S/C20H27FN4O3S/c1-14-19(15(2)25(23-14)18-8-9-29(27,28)13-18)11-24(3)12-20(26)22-10-16-4-6-17(21)7-5-16/h4-7,18H,8-13H2,1-3H3,(H,22,26)/t18-/m1/s1. The lowest BCUT2D eigenvalue weighted by Crippen LogP contribution is -2.34. The number of benzene rings is 1. The molecule has 1 amide bonds. The maximum Gasteiger partial charge on any atom is 0.234 e. The molecule has 1 aromatic carbocycles. The SMILES string of the molecule is Cc1nn([C@@H]2CCS(=O)(=O)C2)c(C)c1CN(C)CC(=O)NCc1ccc(F)cc1. The van der Waals surface area contributed by atoms with Gasteiger partial charge in [0, 0.05) is 24.3 Å². The van der Waals surface area contributed by atoms with Crippen molar-refractivity contribution in [3.8, 4) is 0 Å². The van der Waals surface area contributed by atoms with Crippen molar-refractivity contribution in [1.29, 1.82) is 0 Å². The van der Waals surface area contributed by atoms with Crippen LogP contribution in [0.2, 0.25) is 0 Å². The number of aromatic nitrogens is 2. The van der Waals surface area contributed by atoms with E-state index in [0.29, 0.717) is 19.5 Å². The number of nitrogens with zero attached hydrogens (tertiary/aromatic N) is 3. The number of amides is 1. The predicted molar refractivity (Wildman–Crippen MR) is 109 cm³/mol. The van der Waals surface area contributed by atoms with Gasteiger partial charge in [0.15, 0.2) is 9.84 Å². The minimum atomic E-state index is -2.98. The molecule has 7 nitrogen and oxygen atoms in total. The first-order chi connectivity index (χ1) is 13.6. The van der Waals surface area contributed by atoms with E-state index < -0.39 is 9.84 Å². The number of carbonyl (C=O) groups excluding carboxylic acids is 1. The zero-order chi connectivity index (χ0) is 21.2. The van der Waals surface area contributed by atoms with E-state index in [1.165, 1.54) is 12.1 Å². The summed E-state index contributed by atoms with van der Waals surface area (Å²) < 4.78 is 38.3. The highest BCUT2D eigenvalue weighted by atomic mass is 32.2. The number of hydrogen-bond acceptors (Lipinski definition) is 5. The van der Waals surface area contributed by atoms with Gasteiger partial charge in [-0.25, -0.2) is 12.8 Å². The molecule has 0 radical (unpaired) electrons.